The zero-order valence-corrected chi connectivity index (χ0v) is 11.2. The molecule has 6 nitrogen and oxygen atoms in total. The van der Waals surface area contributed by atoms with Crippen molar-refractivity contribution in [1.29, 1.82) is 0 Å². The lowest BCUT2D eigenvalue weighted by Gasteiger charge is -2.07. The molecule has 2 aromatic heterocycles. The van der Waals surface area contributed by atoms with Gasteiger partial charge in [0.25, 0.3) is 11.5 Å². The number of H-pyrrole nitrogens is 1. The van der Waals surface area contributed by atoms with Crippen molar-refractivity contribution in [3.05, 3.63) is 51.2 Å². The second-order valence-corrected chi connectivity index (χ2v) is 4.53. The average Bonchev–Trinajstić information content (AvgIpc) is 2.74. The molecule has 6 heteroatoms. The molecule has 0 aliphatic rings. The Labute approximate surface area is 110 Å². The van der Waals surface area contributed by atoms with Crippen LogP contribution in [0.1, 0.15) is 27.2 Å². The third-order valence-corrected chi connectivity index (χ3v) is 2.89. The number of carbonyl (C=O) groups excluding carboxylic acids is 1. The molecule has 1 amide bonds. The predicted octanol–water partition coefficient (Wildman–Crippen LogP) is 0.655. The molecule has 0 atom stereocenters. The van der Waals surface area contributed by atoms with Gasteiger partial charge in [-0.15, -0.1) is 0 Å². The fourth-order valence-electron chi connectivity index (χ4n) is 1.91. The number of rotatable bonds is 3. The monoisotopic (exact) mass is 260 g/mol. The zero-order chi connectivity index (χ0) is 14.0. The third-order valence-electron chi connectivity index (χ3n) is 2.89. The number of hydrogen-bond acceptors (Lipinski definition) is 3. The van der Waals surface area contributed by atoms with Crippen LogP contribution in [0.25, 0.3) is 0 Å². The average molecular weight is 260 g/mol. The number of pyridine rings is 1. The van der Waals surface area contributed by atoms with E-state index in [1.807, 2.05) is 19.9 Å². The Bertz CT molecular complexity index is 670. The van der Waals surface area contributed by atoms with Gasteiger partial charge in [0.1, 0.15) is 0 Å². The molecular weight excluding hydrogens is 244 g/mol. The summed E-state index contributed by atoms with van der Waals surface area (Å²) in [5, 5.41) is 6.64. The van der Waals surface area contributed by atoms with Gasteiger partial charge < -0.3 is 10.3 Å². The summed E-state index contributed by atoms with van der Waals surface area (Å²) in [6.45, 7) is 3.88. The number of aromatic nitrogens is 3. The first kappa shape index (κ1) is 13.1. The molecule has 0 unspecified atom stereocenters. The number of amides is 1. The Hall–Kier alpha value is -2.37. The van der Waals surface area contributed by atoms with Crippen LogP contribution in [0.4, 0.5) is 0 Å². The molecule has 0 radical (unpaired) electrons. The molecule has 0 aromatic carbocycles. The highest BCUT2D eigenvalue weighted by Crippen LogP contribution is 2.04. The van der Waals surface area contributed by atoms with Crippen LogP contribution in [0.2, 0.25) is 0 Å². The van der Waals surface area contributed by atoms with Gasteiger partial charge in [0, 0.05) is 31.0 Å². The Balaban J connectivity index is 2.11. The van der Waals surface area contributed by atoms with Gasteiger partial charge in [-0.05, 0) is 25.5 Å². The minimum atomic E-state index is -0.243. The molecule has 100 valence electrons. The standard InChI is InChI=1S/C13H16N4O2/c1-8-4-9(2)16-13(19)11(8)6-14-12(18)10-5-15-17(3)7-10/h4-5,7H,6H2,1-3H3,(H,14,18)(H,16,19). The Morgan fingerprint density at radius 3 is 2.79 bits per heavy atom. The highest BCUT2D eigenvalue weighted by Gasteiger charge is 2.10. The molecule has 0 aliphatic carbocycles. The van der Waals surface area contributed by atoms with Crippen molar-refractivity contribution in [2.24, 2.45) is 7.05 Å². The molecule has 0 saturated carbocycles. The highest BCUT2D eigenvalue weighted by atomic mass is 16.2. The summed E-state index contributed by atoms with van der Waals surface area (Å²) >= 11 is 0. The van der Waals surface area contributed by atoms with E-state index in [2.05, 4.69) is 15.4 Å². The first-order chi connectivity index (χ1) is 8.97. The summed E-state index contributed by atoms with van der Waals surface area (Å²) in [5.41, 5.74) is 2.56. The fraction of sp³-hybridized carbons (Fsp3) is 0.308. The van der Waals surface area contributed by atoms with Crippen molar-refractivity contribution in [3.63, 3.8) is 0 Å². The number of nitrogens with zero attached hydrogens (tertiary/aromatic N) is 2. The van der Waals surface area contributed by atoms with E-state index in [-0.39, 0.29) is 18.0 Å². The van der Waals surface area contributed by atoms with Crippen LogP contribution < -0.4 is 10.9 Å². The molecule has 2 heterocycles. The topological polar surface area (TPSA) is 79.8 Å². The maximum absolute atomic E-state index is 11.8. The number of carbonyl (C=O) groups is 1. The summed E-state index contributed by atoms with van der Waals surface area (Å²) in [7, 11) is 1.74. The van der Waals surface area contributed by atoms with Gasteiger partial charge in [-0.2, -0.15) is 5.10 Å². The van der Waals surface area contributed by atoms with Gasteiger partial charge >= 0.3 is 0 Å². The molecule has 0 fully saturated rings. The van der Waals surface area contributed by atoms with Crippen molar-refractivity contribution in [3.8, 4) is 0 Å². The lowest BCUT2D eigenvalue weighted by molar-refractivity contribution is 0.0950. The number of nitrogens with one attached hydrogen (secondary N) is 2. The molecule has 0 bridgehead atoms. The zero-order valence-electron chi connectivity index (χ0n) is 11.2. The van der Waals surface area contributed by atoms with Gasteiger partial charge in [-0.25, -0.2) is 0 Å². The summed E-state index contributed by atoms with van der Waals surface area (Å²) < 4.78 is 1.55. The van der Waals surface area contributed by atoms with Crippen LogP contribution in [-0.2, 0) is 13.6 Å². The second-order valence-electron chi connectivity index (χ2n) is 4.53. The van der Waals surface area contributed by atoms with Crippen molar-refractivity contribution in [2.45, 2.75) is 20.4 Å². The normalized spacial score (nSPS) is 10.5. The molecule has 2 aromatic rings. The van der Waals surface area contributed by atoms with Gasteiger partial charge in [0.2, 0.25) is 0 Å². The first-order valence-corrected chi connectivity index (χ1v) is 5.93. The molecule has 0 spiro atoms. The highest BCUT2D eigenvalue weighted by molar-refractivity contribution is 5.93. The largest absolute Gasteiger partial charge is 0.348 e. The smallest absolute Gasteiger partial charge is 0.254 e. The van der Waals surface area contributed by atoms with Crippen molar-refractivity contribution >= 4 is 5.91 Å². The number of aromatic amines is 1. The van der Waals surface area contributed by atoms with Gasteiger partial charge in [-0.3, -0.25) is 14.3 Å². The van der Waals surface area contributed by atoms with Crippen LogP contribution in [0.3, 0.4) is 0 Å². The minimum absolute atomic E-state index is 0.163. The summed E-state index contributed by atoms with van der Waals surface area (Å²) in [6.07, 6.45) is 3.11. The maximum Gasteiger partial charge on any atom is 0.254 e. The van der Waals surface area contributed by atoms with Crippen LogP contribution in [0.5, 0.6) is 0 Å². The van der Waals surface area contributed by atoms with E-state index >= 15 is 0 Å². The Kier molecular flexibility index (Phi) is 3.50. The summed E-state index contributed by atoms with van der Waals surface area (Å²) in [5.74, 6) is -0.243. The molecule has 0 saturated heterocycles. The van der Waals surface area contributed by atoms with Gasteiger partial charge in [0.15, 0.2) is 0 Å². The van der Waals surface area contributed by atoms with E-state index in [9.17, 15) is 9.59 Å². The third kappa shape index (κ3) is 2.90. The lowest BCUT2D eigenvalue weighted by Crippen LogP contribution is -2.27. The summed E-state index contributed by atoms with van der Waals surface area (Å²) in [6, 6.07) is 1.88. The van der Waals surface area contributed by atoms with E-state index in [1.165, 1.54) is 6.20 Å². The van der Waals surface area contributed by atoms with Crippen molar-refractivity contribution < 1.29 is 4.79 Å². The van der Waals surface area contributed by atoms with Crippen LogP contribution in [0, 0.1) is 13.8 Å². The van der Waals surface area contributed by atoms with E-state index in [4.69, 9.17) is 0 Å². The second kappa shape index (κ2) is 5.09. The molecule has 2 N–H and O–H groups in total. The fourth-order valence-corrected chi connectivity index (χ4v) is 1.91. The number of hydrogen-bond donors (Lipinski definition) is 2. The van der Waals surface area contributed by atoms with Crippen molar-refractivity contribution in [2.75, 3.05) is 0 Å². The number of aryl methyl sites for hydroxylation is 3. The van der Waals surface area contributed by atoms with E-state index in [0.717, 1.165) is 11.3 Å². The van der Waals surface area contributed by atoms with E-state index in [1.54, 1.807) is 17.9 Å². The first-order valence-electron chi connectivity index (χ1n) is 5.93. The maximum atomic E-state index is 11.8. The molecule has 19 heavy (non-hydrogen) atoms. The molecule has 2 rings (SSSR count). The van der Waals surface area contributed by atoms with E-state index in [0.29, 0.717) is 11.1 Å². The quantitative estimate of drug-likeness (QED) is 0.850. The van der Waals surface area contributed by atoms with Crippen LogP contribution in [0.15, 0.2) is 23.3 Å². The Morgan fingerprint density at radius 2 is 2.21 bits per heavy atom. The predicted molar refractivity (Wildman–Crippen MR) is 70.9 cm³/mol. The van der Waals surface area contributed by atoms with Gasteiger partial charge in [0.05, 0.1) is 11.8 Å². The van der Waals surface area contributed by atoms with Crippen LogP contribution >= 0.6 is 0 Å². The van der Waals surface area contributed by atoms with Crippen molar-refractivity contribution in [1.82, 2.24) is 20.1 Å². The minimum Gasteiger partial charge on any atom is -0.348 e. The molecule has 0 aliphatic heterocycles. The van der Waals surface area contributed by atoms with Gasteiger partial charge in [-0.1, -0.05) is 0 Å². The molecular formula is C13H16N4O2. The summed E-state index contributed by atoms with van der Waals surface area (Å²) in [4.78, 5) is 26.4. The lowest BCUT2D eigenvalue weighted by atomic mass is 10.1. The Morgan fingerprint density at radius 1 is 1.47 bits per heavy atom. The van der Waals surface area contributed by atoms with Crippen LogP contribution in [-0.4, -0.2) is 20.7 Å². The SMILES string of the molecule is Cc1cc(C)c(CNC(=O)c2cnn(C)c2)c(=O)[nH]1. The van der Waals surface area contributed by atoms with E-state index < -0.39 is 0 Å².